The summed E-state index contributed by atoms with van der Waals surface area (Å²) in [6.07, 6.45) is 0. The molecule has 0 heterocycles. The maximum Gasteiger partial charge on any atom is 0.123 e. The molecule has 0 fully saturated rings. The third-order valence-corrected chi connectivity index (χ3v) is 2.41. The van der Waals surface area contributed by atoms with Crippen LogP contribution in [-0.4, -0.2) is 0 Å². The topological polar surface area (TPSA) is 0 Å². The zero-order valence-corrected chi connectivity index (χ0v) is 7.76. The van der Waals surface area contributed by atoms with Gasteiger partial charge in [-0.25, -0.2) is 4.39 Å². The molecule has 0 aliphatic carbocycles. The van der Waals surface area contributed by atoms with Crippen molar-refractivity contribution in [2.45, 2.75) is 13.8 Å². The van der Waals surface area contributed by atoms with Crippen LogP contribution in [0, 0.1) is 19.7 Å². The van der Waals surface area contributed by atoms with E-state index in [0.29, 0.717) is 0 Å². The second kappa shape index (κ2) is 2.84. The summed E-state index contributed by atoms with van der Waals surface area (Å²) >= 11 is 0. The summed E-state index contributed by atoms with van der Waals surface area (Å²) in [5, 5.41) is 2.08. The maximum absolute atomic E-state index is 12.9. The minimum atomic E-state index is -0.171. The van der Waals surface area contributed by atoms with E-state index in [1.165, 1.54) is 17.2 Å². The highest BCUT2D eigenvalue weighted by atomic mass is 19.1. The van der Waals surface area contributed by atoms with Crippen molar-refractivity contribution in [3.63, 3.8) is 0 Å². The van der Waals surface area contributed by atoms with Crippen molar-refractivity contribution in [3.8, 4) is 0 Å². The number of hydrogen-bond donors (Lipinski definition) is 0. The molecule has 0 aliphatic heterocycles. The highest BCUT2D eigenvalue weighted by Gasteiger charge is 1.98. The Bertz CT molecular complexity index is 458. The minimum Gasteiger partial charge on any atom is -0.207 e. The fourth-order valence-corrected chi connectivity index (χ4v) is 1.50. The molecule has 0 N–H and O–H groups in total. The van der Waals surface area contributed by atoms with Crippen LogP contribution >= 0.6 is 0 Å². The van der Waals surface area contributed by atoms with E-state index in [2.05, 4.69) is 13.0 Å². The Morgan fingerprint density at radius 1 is 0.846 bits per heavy atom. The predicted octanol–water partition coefficient (Wildman–Crippen LogP) is 3.60. The monoisotopic (exact) mass is 174 g/mol. The fourth-order valence-electron chi connectivity index (χ4n) is 1.50. The summed E-state index contributed by atoms with van der Waals surface area (Å²) in [5.74, 6) is -0.171. The van der Waals surface area contributed by atoms with Crippen LogP contribution in [0.25, 0.3) is 10.8 Å². The molecule has 0 aliphatic rings. The van der Waals surface area contributed by atoms with Crippen molar-refractivity contribution in [2.75, 3.05) is 0 Å². The Labute approximate surface area is 77.0 Å². The number of benzene rings is 2. The second-order valence-electron chi connectivity index (χ2n) is 3.43. The van der Waals surface area contributed by atoms with Gasteiger partial charge < -0.3 is 0 Å². The van der Waals surface area contributed by atoms with Crippen molar-refractivity contribution < 1.29 is 4.39 Å². The first-order valence-corrected chi connectivity index (χ1v) is 4.33. The van der Waals surface area contributed by atoms with E-state index in [0.717, 1.165) is 10.8 Å². The number of rotatable bonds is 0. The molecule has 2 aromatic carbocycles. The lowest BCUT2D eigenvalue weighted by Crippen LogP contribution is -1.82. The van der Waals surface area contributed by atoms with E-state index in [1.807, 2.05) is 19.1 Å². The van der Waals surface area contributed by atoms with E-state index in [-0.39, 0.29) is 5.82 Å². The quantitative estimate of drug-likeness (QED) is 0.572. The SMILES string of the molecule is Cc1cc2ccc(F)cc2cc1C. The summed E-state index contributed by atoms with van der Waals surface area (Å²) < 4.78 is 12.9. The number of fused-ring (bicyclic) bond motifs is 1. The van der Waals surface area contributed by atoms with Gasteiger partial charge in [0.15, 0.2) is 0 Å². The van der Waals surface area contributed by atoms with Crippen LogP contribution in [0.5, 0.6) is 0 Å². The molecule has 0 bridgehead atoms. The largest absolute Gasteiger partial charge is 0.207 e. The summed E-state index contributed by atoms with van der Waals surface area (Å²) in [4.78, 5) is 0. The van der Waals surface area contributed by atoms with E-state index < -0.39 is 0 Å². The molecule has 2 rings (SSSR count). The average Bonchev–Trinajstić information content (AvgIpc) is 2.08. The van der Waals surface area contributed by atoms with Crippen molar-refractivity contribution >= 4 is 10.8 Å². The number of aryl methyl sites for hydroxylation is 2. The number of halogens is 1. The molecule has 1 heteroatoms. The van der Waals surface area contributed by atoms with Gasteiger partial charge in [-0.15, -0.1) is 0 Å². The van der Waals surface area contributed by atoms with Gasteiger partial charge in [0.25, 0.3) is 0 Å². The molecule has 13 heavy (non-hydrogen) atoms. The minimum absolute atomic E-state index is 0.171. The molecule has 0 saturated heterocycles. The van der Waals surface area contributed by atoms with E-state index in [4.69, 9.17) is 0 Å². The first-order valence-electron chi connectivity index (χ1n) is 4.33. The van der Waals surface area contributed by atoms with E-state index in [1.54, 1.807) is 6.07 Å². The van der Waals surface area contributed by atoms with Crippen LogP contribution in [0.15, 0.2) is 30.3 Å². The summed E-state index contributed by atoms with van der Waals surface area (Å²) in [7, 11) is 0. The van der Waals surface area contributed by atoms with Gasteiger partial charge in [0.1, 0.15) is 5.82 Å². The lowest BCUT2D eigenvalue weighted by atomic mass is 10.0. The van der Waals surface area contributed by atoms with Gasteiger partial charge >= 0.3 is 0 Å². The molecule has 0 unspecified atom stereocenters. The summed E-state index contributed by atoms with van der Waals surface area (Å²) in [5.41, 5.74) is 2.46. The van der Waals surface area contributed by atoms with Gasteiger partial charge in [0.05, 0.1) is 0 Å². The standard InChI is InChI=1S/C12H11F/c1-8-5-10-3-4-12(13)7-11(10)6-9(8)2/h3-7H,1-2H3. The van der Waals surface area contributed by atoms with Crippen LogP contribution in [0.2, 0.25) is 0 Å². The van der Waals surface area contributed by atoms with Gasteiger partial charge in [-0.1, -0.05) is 18.2 Å². The highest BCUT2D eigenvalue weighted by Crippen LogP contribution is 2.19. The average molecular weight is 174 g/mol. The summed E-state index contributed by atoms with van der Waals surface area (Å²) in [6.45, 7) is 4.11. The Morgan fingerprint density at radius 2 is 1.46 bits per heavy atom. The van der Waals surface area contributed by atoms with Gasteiger partial charge in [0.2, 0.25) is 0 Å². The second-order valence-corrected chi connectivity index (χ2v) is 3.43. The van der Waals surface area contributed by atoms with Crippen LogP contribution in [-0.2, 0) is 0 Å². The maximum atomic E-state index is 12.9. The van der Waals surface area contributed by atoms with E-state index >= 15 is 0 Å². The van der Waals surface area contributed by atoms with Gasteiger partial charge in [-0.05, 0) is 47.9 Å². The zero-order valence-electron chi connectivity index (χ0n) is 7.76. The summed E-state index contributed by atoms with van der Waals surface area (Å²) in [6, 6.07) is 8.99. The molecule has 2 aromatic rings. The molecule has 0 aromatic heterocycles. The molecule has 0 spiro atoms. The van der Waals surface area contributed by atoms with Crippen LogP contribution in [0.4, 0.5) is 4.39 Å². The molecule has 0 atom stereocenters. The lowest BCUT2D eigenvalue weighted by molar-refractivity contribution is 0.630. The Hall–Kier alpha value is -1.37. The first-order chi connectivity index (χ1) is 6.16. The van der Waals surface area contributed by atoms with Crippen LogP contribution in [0.1, 0.15) is 11.1 Å². The Kier molecular flexibility index (Phi) is 1.80. The zero-order chi connectivity index (χ0) is 9.42. The van der Waals surface area contributed by atoms with Crippen molar-refractivity contribution in [3.05, 3.63) is 47.3 Å². The van der Waals surface area contributed by atoms with Crippen molar-refractivity contribution in [2.24, 2.45) is 0 Å². The fraction of sp³-hybridized carbons (Fsp3) is 0.167. The smallest absolute Gasteiger partial charge is 0.123 e. The van der Waals surface area contributed by atoms with Crippen LogP contribution in [0.3, 0.4) is 0 Å². The van der Waals surface area contributed by atoms with Gasteiger partial charge in [-0.2, -0.15) is 0 Å². The molecule has 0 saturated carbocycles. The molecule has 66 valence electrons. The molecular formula is C12H11F. The third kappa shape index (κ3) is 1.42. The van der Waals surface area contributed by atoms with Gasteiger partial charge in [-0.3, -0.25) is 0 Å². The van der Waals surface area contributed by atoms with Crippen LogP contribution < -0.4 is 0 Å². The predicted molar refractivity (Wildman–Crippen MR) is 53.4 cm³/mol. The number of hydrogen-bond acceptors (Lipinski definition) is 0. The Balaban J connectivity index is 2.81. The van der Waals surface area contributed by atoms with E-state index in [9.17, 15) is 4.39 Å². The lowest BCUT2D eigenvalue weighted by Gasteiger charge is -2.03. The molecule has 0 amide bonds. The first kappa shape index (κ1) is 8.24. The van der Waals surface area contributed by atoms with Gasteiger partial charge in [0, 0.05) is 0 Å². The Morgan fingerprint density at radius 3 is 2.15 bits per heavy atom. The molecule has 0 radical (unpaired) electrons. The molecular weight excluding hydrogens is 163 g/mol. The highest BCUT2D eigenvalue weighted by molar-refractivity contribution is 5.84. The molecule has 0 nitrogen and oxygen atoms in total. The normalized spacial score (nSPS) is 10.7. The third-order valence-electron chi connectivity index (χ3n) is 2.41. The van der Waals surface area contributed by atoms with Crippen molar-refractivity contribution in [1.82, 2.24) is 0 Å². The van der Waals surface area contributed by atoms with Crippen molar-refractivity contribution in [1.29, 1.82) is 0 Å².